The number of fused-ring (bicyclic) bond motifs is 1. The van der Waals surface area contributed by atoms with Crippen molar-refractivity contribution >= 4 is 22.7 Å². The number of aromatic nitrogens is 3. The third-order valence-corrected chi connectivity index (χ3v) is 5.07. The number of aryl methyl sites for hydroxylation is 2. The SMILES string of the molecule is COc1ccc(OC[C@@H](C)CCSC)c2cc(-c3nc(C)no3)n(C)c12. The topological polar surface area (TPSA) is 62.3 Å². The van der Waals surface area contributed by atoms with E-state index in [2.05, 4.69) is 23.3 Å². The standard InChI is InChI=1S/C19H25N3O3S/c1-12(8-9-26-5)11-24-16-6-7-17(23-4)18-14(16)10-15(22(18)3)19-20-13(2)21-25-19/h6-7,10,12H,8-9,11H2,1-5H3/t12-/m0/s1. The molecule has 0 bridgehead atoms. The summed E-state index contributed by atoms with van der Waals surface area (Å²) >= 11 is 1.87. The van der Waals surface area contributed by atoms with Crippen LogP contribution in [-0.4, -0.2) is 40.4 Å². The largest absolute Gasteiger partial charge is 0.495 e. The van der Waals surface area contributed by atoms with Crippen molar-refractivity contribution in [2.45, 2.75) is 20.3 Å². The molecular weight excluding hydrogens is 350 g/mol. The zero-order chi connectivity index (χ0) is 18.7. The molecule has 3 aromatic rings. The maximum absolute atomic E-state index is 6.14. The first kappa shape index (κ1) is 18.6. The molecule has 0 fully saturated rings. The van der Waals surface area contributed by atoms with Crippen molar-refractivity contribution < 1.29 is 14.0 Å². The Morgan fingerprint density at radius 1 is 1.31 bits per heavy atom. The molecule has 1 atom stereocenters. The third kappa shape index (κ3) is 3.67. The maximum Gasteiger partial charge on any atom is 0.274 e. The van der Waals surface area contributed by atoms with Gasteiger partial charge in [0.25, 0.3) is 5.89 Å². The predicted molar refractivity (Wildman–Crippen MR) is 105 cm³/mol. The molecule has 0 saturated heterocycles. The summed E-state index contributed by atoms with van der Waals surface area (Å²) in [5, 5.41) is 4.87. The number of thioether (sulfide) groups is 1. The molecule has 2 aromatic heterocycles. The van der Waals surface area contributed by atoms with E-state index in [0.717, 1.165) is 40.3 Å². The van der Waals surface area contributed by atoms with Crippen LogP contribution in [0.1, 0.15) is 19.2 Å². The van der Waals surface area contributed by atoms with Crippen LogP contribution in [0.15, 0.2) is 22.7 Å². The predicted octanol–water partition coefficient (Wildman–Crippen LogP) is 4.31. The smallest absolute Gasteiger partial charge is 0.274 e. The van der Waals surface area contributed by atoms with Crippen molar-refractivity contribution in [1.82, 2.24) is 14.7 Å². The lowest BCUT2D eigenvalue weighted by Crippen LogP contribution is -2.09. The fourth-order valence-corrected chi connectivity index (χ4v) is 3.58. The summed E-state index contributed by atoms with van der Waals surface area (Å²) in [5.41, 5.74) is 1.79. The van der Waals surface area contributed by atoms with Gasteiger partial charge in [-0.05, 0) is 49.5 Å². The minimum absolute atomic E-state index is 0.488. The van der Waals surface area contributed by atoms with E-state index in [9.17, 15) is 0 Å². The lowest BCUT2D eigenvalue weighted by molar-refractivity contribution is 0.260. The Kier molecular flexibility index (Phi) is 5.76. The lowest BCUT2D eigenvalue weighted by Gasteiger charge is -2.14. The number of nitrogens with zero attached hydrogens (tertiary/aromatic N) is 3. The number of methoxy groups -OCH3 is 1. The van der Waals surface area contributed by atoms with Gasteiger partial charge in [0, 0.05) is 12.4 Å². The van der Waals surface area contributed by atoms with Crippen molar-refractivity contribution in [1.29, 1.82) is 0 Å². The summed E-state index contributed by atoms with van der Waals surface area (Å²) in [6, 6.07) is 5.92. The molecule has 0 amide bonds. The highest BCUT2D eigenvalue weighted by molar-refractivity contribution is 7.98. The van der Waals surface area contributed by atoms with Crippen molar-refractivity contribution in [2.75, 3.05) is 25.7 Å². The molecule has 0 spiro atoms. The van der Waals surface area contributed by atoms with E-state index in [0.29, 0.717) is 24.2 Å². The molecule has 2 heterocycles. The second-order valence-electron chi connectivity index (χ2n) is 6.46. The Morgan fingerprint density at radius 2 is 2.08 bits per heavy atom. The first-order chi connectivity index (χ1) is 12.5. The van der Waals surface area contributed by atoms with Gasteiger partial charge in [0.1, 0.15) is 17.2 Å². The molecule has 0 radical (unpaired) electrons. The molecule has 0 N–H and O–H groups in total. The van der Waals surface area contributed by atoms with Gasteiger partial charge in [-0.15, -0.1) is 0 Å². The van der Waals surface area contributed by atoms with Crippen LogP contribution in [0.5, 0.6) is 11.5 Å². The molecule has 0 aliphatic rings. The first-order valence-electron chi connectivity index (χ1n) is 8.64. The second kappa shape index (κ2) is 8.03. The fourth-order valence-electron chi connectivity index (χ4n) is 2.94. The Bertz CT molecular complexity index is 888. The number of hydrogen-bond acceptors (Lipinski definition) is 6. The Balaban J connectivity index is 1.97. The summed E-state index contributed by atoms with van der Waals surface area (Å²) in [5.74, 6) is 4.37. The minimum Gasteiger partial charge on any atom is -0.495 e. The van der Waals surface area contributed by atoms with Gasteiger partial charge in [0.2, 0.25) is 0 Å². The summed E-state index contributed by atoms with van der Waals surface area (Å²) in [7, 11) is 3.63. The monoisotopic (exact) mass is 375 g/mol. The third-order valence-electron chi connectivity index (χ3n) is 4.42. The molecule has 0 unspecified atom stereocenters. The van der Waals surface area contributed by atoms with Gasteiger partial charge in [-0.3, -0.25) is 0 Å². The van der Waals surface area contributed by atoms with Gasteiger partial charge in [-0.1, -0.05) is 12.1 Å². The first-order valence-corrected chi connectivity index (χ1v) is 10.0. The van der Waals surface area contributed by atoms with Gasteiger partial charge in [0.15, 0.2) is 5.82 Å². The van der Waals surface area contributed by atoms with Crippen LogP contribution in [0, 0.1) is 12.8 Å². The van der Waals surface area contributed by atoms with E-state index in [-0.39, 0.29) is 0 Å². The van der Waals surface area contributed by atoms with Gasteiger partial charge >= 0.3 is 0 Å². The molecule has 0 saturated carbocycles. The second-order valence-corrected chi connectivity index (χ2v) is 7.45. The van der Waals surface area contributed by atoms with E-state index in [4.69, 9.17) is 14.0 Å². The van der Waals surface area contributed by atoms with Crippen LogP contribution >= 0.6 is 11.8 Å². The molecule has 0 aliphatic carbocycles. The lowest BCUT2D eigenvalue weighted by atomic mass is 10.1. The zero-order valence-corrected chi connectivity index (χ0v) is 16.7. The summed E-state index contributed by atoms with van der Waals surface area (Å²) < 4.78 is 19.0. The molecule has 6 nitrogen and oxygen atoms in total. The summed E-state index contributed by atoms with van der Waals surface area (Å²) in [6.07, 6.45) is 3.27. The van der Waals surface area contributed by atoms with Gasteiger partial charge in [-0.25, -0.2) is 0 Å². The average Bonchev–Trinajstić information content (AvgIpc) is 3.21. The maximum atomic E-state index is 6.14. The van der Waals surface area contributed by atoms with Gasteiger partial charge in [0.05, 0.1) is 19.2 Å². The number of benzene rings is 1. The van der Waals surface area contributed by atoms with E-state index in [1.807, 2.05) is 41.6 Å². The van der Waals surface area contributed by atoms with Crippen LogP contribution in [0.3, 0.4) is 0 Å². The van der Waals surface area contributed by atoms with Crippen LogP contribution in [0.4, 0.5) is 0 Å². The molecule has 140 valence electrons. The van der Waals surface area contributed by atoms with Crippen LogP contribution < -0.4 is 9.47 Å². The molecule has 26 heavy (non-hydrogen) atoms. The van der Waals surface area contributed by atoms with Crippen LogP contribution in [0.2, 0.25) is 0 Å². The van der Waals surface area contributed by atoms with E-state index in [1.165, 1.54) is 0 Å². The molecule has 0 aliphatic heterocycles. The molecule has 7 heteroatoms. The Labute approximate surface area is 157 Å². The quantitative estimate of drug-likeness (QED) is 0.584. The number of hydrogen-bond donors (Lipinski definition) is 0. The zero-order valence-electron chi connectivity index (χ0n) is 15.9. The van der Waals surface area contributed by atoms with Crippen molar-refractivity contribution in [2.24, 2.45) is 13.0 Å². The van der Waals surface area contributed by atoms with Crippen LogP contribution in [-0.2, 0) is 7.05 Å². The minimum atomic E-state index is 0.488. The summed E-state index contributed by atoms with van der Waals surface area (Å²) in [4.78, 5) is 4.35. The highest BCUT2D eigenvalue weighted by atomic mass is 32.2. The highest BCUT2D eigenvalue weighted by Gasteiger charge is 2.19. The van der Waals surface area contributed by atoms with E-state index in [1.54, 1.807) is 14.0 Å². The Morgan fingerprint density at radius 3 is 2.73 bits per heavy atom. The molecule has 3 rings (SSSR count). The highest BCUT2D eigenvalue weighted by Crippen LogP contribution is 2.38. The molecule has 1 aromatic carbocycles. The summed E-state index contributed by atoms with van der Waals surface area (Å²) in [6.45, 7) is 4.71. The normalized spacial score (nSPS) is 12.5. The number of ether oxygens (including phenoxy) is 2. The van der Waals surface area contributed by atoms with Crippen molar-refractivity contribution in [3.8, 4) is 23.1 Å². The van der Waals surface area contributed by atoms with Crippen LogP contribution in [0.25, 0.3) is 22.5 Å². The fraction of sp³-hybridized carbons (Fsp3) is 0.474. The number of rotatable bonds is 8. The Hall–Kier alpha value is -2.15. The van der Waals surface area contributed by atoms with E-state index < -0.39 is 0 Å². The van der Waals surface area contributed by atoms with Crippen molar-refractivity contribution in [3.63, 3.8) is 0 Å². The van der Waals surface area contributed by atoms with Gasteiger partial charge in [-0.2, -0.15) is 16.7 Å². The van der Waals surface area contributed by atoms with E-state index >= 15 is 0 Å². The van der Waals surface area contributed by atoms with Gasteiger partial charge < -0.3 is 18.6 Å². The van der Waals surface area contributed by atoms with Crippen molar-refractivity contribution in [3.05, 3.63) is 24.0 Å². The molecular formula is C19H25N3O3S. The average molecular weight is 375 g/mol.